The number of nitrogens with one attached hydrogen (secondary N) is 1. The first-order chi connectivity index (χ1) is 9.51. The van der Waals surface area contributed by atoms with Gasteiger partial charge in [0.2, 0.25) is 6.23 Å². The molecule has 0 bridgehead atoms. The highest BCUT2D eigenvalue weighted by atomic mass is 16.6. The normalized spacial score (nSPS) is 29.6. The van der Waals surface area contributed by atoms with Gasteiger partial charge >= 0.3 is 5.97 Å². The summed E-state index contributed by atoms with van der Waals surface area (Å²) in [4.78, 5) is 14.3. The van der Waals surface area contributed by atoms with Crippen LogP contribution in [0.5, 0.6) is 0 Å². The third-order valence-electron chi connectivity index (χ3n) is 3.15. The molecule has 9 nitrogen and oxygen atoms in total. The third-order valence-corrected chi connectivity index (χ3v) is 3.15. The van der Waals surface area contributed by atoms with Crippen molar-refractivity contribution in [2.24, 2.45) is 0 Å². The van der Waals surface area contributed by atoms with Gasteiger partial charge in [-0.3, -0.25) is 4.98 Å². The van der Waals surface area contributed by atoms with Gasteiger partial charge in [-0.1, -0.05) is 0 Å². The minimum Gasteiger partial charge on any atom is -0.460 e. The number of nitrogens with zero attached hydrogens (tertiary/aromatic N) is 1. The Kier molecular flexibility index (Phi) is 4.23. The van der Waals surface area contributed by atoms with E-state index >= 15 is 0 Å². The number of hydrogen-bond donors (Lipinski definition) is 5. The van der Waals surface area contributed by atoms with E-state index < -0.39 is 37.1 Å². The summed E-state index contributed by atoms with van der Waals surface area (Å²) in [5.41, 5.74) is 5.84. The maximum absolute atomic E-state index is 11.6. The molecular formula is C11H18N3O6+. The molecule has 0 aromatic carbocycles. The molecule has 1 aliphatic rings. The summed E-state index contributed by atoms with van der Waals surface area (Å²) < 4.78 is 11.4. The predicted octanol–water partition coefficient (Wildman–Crippen LogP) is -2.33. The Morgan fingerprint density at radius 2 is 2.25 bits per heavy atom. The van der Waals surface area contributed by atoms with E-state index in [4.69, 9.17) is 20.3 Å². The van der Waals surface area contributed by atoms with Gasteiger partial charge in [-0.15, -0.1) is 0 Å². The molecule has 1 aromatic rings. The Balaban J connectivity index is 2.24. The predicted molar refractivity (Wildman–Crippen MR) is 64.4 cm³/mol. The number of imidazole rings is 1. The van der Waals surface area contributed by atoms with E-state index in [0.717, 1.165) is 0 Å². The van der Waals surface area contributed by atoms with Crippen molar-refractivity contribution in [3.05, 3.63) is 12.0 Å². The molecule has 1 aliphatic heterocycles. The summed E-state index contributed by atoms with van der Waals surface area (Å²) in [5.74, 6) is -0.617. The Bertz CT molecular complexity index is 491. The van der Waals surface area contributed by atoms with Gasteiger partial charge in [0.15, 0.2) is 6.33 Å². The average Bonchev–Trinajstić information content (AvgIpc) is 2.93. The summed E-state index contributed by atoms with van der Waals surface area (Å²) in [6, 6.07) is 0. The van der Waals surface area contributed by atoms with Gasteiger partial charge in [-0.2, -0.15) is 0 Å². The van der Waals surface area contributed by atoms with Crippen LogP contribution >= 0.6 is 0 Å². The largest absolute Gasteiger partial charge is 0.460 e. The van der Waals surface area contributed by atoms with Gasteiger partial charge in [0.1, 0.15) is 18.3 Å². The molecule has 0 unspecified atom stereocenters. The van der Waals surface area contributed by atoms with Crippen LogP contribution in [0.2, 0.25) is 0 Å². The molecule has 0 saturated carbocycles. The van der Waals surface area contributed by atoms with Crippen molar-refractivity contribution in [1.29, 1.82) is 0 Å². The molecule has 0 radical (unpaired) electrons. The lowest BCUT2D eigenvalue weighted by molar-refractivity contribution is -0.752. The summed E-state index contributed by atoms with van der Waals surface area (Å²) >= 11 is 0. The highest BCUT2D eigenvalue weighted by molar-refractivity contribution is 5.91. The van der Waals surface area contributed by atoms with Gasteiger partial charge in [0.25, 0.3) is 11.5 Å². The van der Waals surface area contributed by atoms with Crippen LogP contribution in [0.1, 0.15) is 23.6 Å². The maximum atomic E-state index is 11.6. The van der Waals surface area contributed by atoms with Crippen LogP contribution in [-0.2, 0) is 9.47 Å². The minimum atomic E-state index is -1.27. The van der Waals surface area contributed by atoms with E-state index in [1.165, 1.54) is 10.9 Å². The molecule has 1 saturated heterocycles. The van der Waals surface area contributed by atoms with Crippen molar-refractivity contribution in [2.45, 2.75) is 31.5 Å². The van der Waals surface area contributed by atoms with Gasteiger partial charge < -0.3 is 30.5 Å². The van der Waals surface area contributed by atoms with Crippen LogP contribution in [0.15, 0.2) is 6.33 Å². The van der Waals surface area contributed by atoms with Crippen molar-refractivity contribution in [3.63, 3.8) is 0 Å². The number of aliphatic hydroxyl groups is 3. The Morgan fingerprint density at radius 3 is 2.80 bits per heavy atom. The Hall–Kier alpha value is -1.68. The highest BCUT2D eigenvalue weighted by Gasteiger charge is 2.46. The first-order valence-electron chi connectivity index (χ1n) is 6.18. The van der Waals surface area contributed by atoms with Crippen molar-refractivity contribution in [1.82, 2.24) is 4.98 Å². The van der Waals surface area contributed by atoms with Crippen molar-refractivity contribution < 1.29 is 34.2 Å². The number of rotatable bonds is 4. The zero-order valence-corrected chi connectivity index (χ0v) is 10.9. The zero-order valence-electron chi connectivity index (χ0n) is 10.9. The van der Waals surface area contributed by atoms with Crippen molar-refractivity contribution in [3.8, 4) is 0 Å². The number of esters is 1. The lowest BCUT2D eigenvalue weighted by Gasteiger charge is -2.12. The molecule has 1 aromatic heterocycles. The SMILES string of the molecule is CCOC(=O)c1[nH]c[n+]([C@H]2O[C@@H](CO)[C@H](O)[C@@H]2O)c1N. The Morgan fingerprint density at radius 1 is 1.55 bits per heavy atom. The number of H-pyrrole nitrogens is 1. The summed E-state index contributed by atoms with van der Waals surface area (Å²) in [6.07, 6.45) is -3.09. The molecule has 9 heteroatoms. The third kappa shape index (κ3) is 2.36. The van der Waals surface area contributed by atoms with E-state index in [9.17, 15) is 15.0 Å². The highest BCUT2D eigenvalue weighted by Crippen LogP contribution is 2.26. The molecule has 6 N–H and O–H groups in total. The van der Waals surface area contributed by atoms with E-state index in [2.05, 4.69) is 4.98 Å². The second kappa shape index (κ2) is 5.75. The lowest BCUT2D eigenvalue weighted by atomic mass is 10.1. The summed E-state index contributed by atoms with van der Waals surface area (Å²) in [6.45, 7) is 1.42. The molecule has 20 heavy (non-hydrogen) atoms. The van der Waals surface area contributed by atoms with Crippen LogP contribution in [-0.4, -0.2) is 57.8 Å². The minimum absolute atomic E-state index is 0.0123. The molecule has 0 amide bonds. The number of carbonyl (C=O) groups is 1. The molecule has 112 valence electrons. The van der Waals surface area contributed by atoms with Crippen LogP contribution in [0.4, 0.5) is 5.82 Å². The molecule has 0 spiro atoms. The van der Waals surface area contributed by atoms with Gasteiger partial charge in [0, 0.05) is 0 Å². The molecule has 2 rings (SSSR count). The summed E-state index contributed by atoms with van der Waals surface area (Å²) in [7, 11) is 0. The topological polar surface area (TPSA) is 142 Å². The van der Waals surface area contributed by atoms with Gasteiger partial charge in [-0.05, 0) is 6.92 Å². The molecule has 1 fully saturated rings. The summed E-state index contributed by atoms with van der Waals surface area (Å²) in [5, 5.41) is 28.6. The van der Waals surface area contributed by atoms with Crippen LogP contribution in [0, 0.1) is 0 Å². The number of hydrogen-bond acceptors (Lipinski definition) is 7. The number of carbonyl (C=O) groups excluding carboxylic acids is 1. The smallest absolute Gasteiger partial charge is 0.377 e. The van der Waals surface area contributed by atoms with E-state index in [-0.39, 0.29) is 18.1 Å². The fourth-order valence-electron chi connectivity index (χ4n) is 2.09. The quantitative estimate of drug-likeness (QED) is 0.309. The number of ether oxygens (including phenoxy) is 2. The first kappa shape index (κ1) is 14.7. The average molecular weight is 288 g/mol. The van der Waals surface area contributed by atoms with Crippen LogP contribution < -0.4 is 10.3 Å². The molecule has 2 heterocycles. The molecule has 0 aliphatic carbocycles. The second-order valence-electron chi connectivity index (χ2n) is 4.39. The fourth-order valence-corrected chi connectivity index (χ4v) is 2.09. The van der Waals surface area contributed by atoms with Gasteiger partial charge in [0.05, 0.1) is 13.2 Å². The van der Waals surface area contributed by atoms with Crippen LogP contribution in [0.3, 0.4) is 0 Å². The van der Waals surface area contributed by atoms with Crippen molar-refractivity contribution >= 4 is 11.8 Å². The number of nitrogen functional groups attached to an aromatic ring is 1. The first-order valence-corrected chi connectivity index (χ1v) is 6.18. The number of anilines is 1. The van der Waals surface area contributed by atoms with Crippen LogP contribution in [0.25, 0.3) is 0 Å². The van der Waals surface area contributed by atoms with Crippen molar-refractivity contribution in [2.75, 3.05) is 18.9 Å². The van der Waals surface area contributed by atoms with E-state index in [0.29, 0.717) is 0 Å². The van der Waals surface area contributed by atoms with E-state index in [1.54, 1.807) is 6.92 Å². The Labute approximate surface area is 114 Å². The lowest BCUT2D eigenvalue weighted by Crippen LogP contribution is -2.47. The van der Waals surface area contributed by atoms with Gasteiger partial charge in [-0.25, -0.2) is 9.36 Å². The number of nitrogens with two attached hydrogens (primary N) is 1. The fraction of sp³-hybridized carbons (Fsp3) is 0.636. The standard InChI is InChI=1S/C11H17N3O6/c1-2-19-11(18)6-9(12)14(4-13-6)10-8(17)7(16)5(3-15)20-10/h4-5,7-8,10,15-17H,2-3H2,1H3,(H2,12,18)/p+1/t5-,7-,8-,10-/m0/s1. The maximum Gasteiger partial charge on any atom is 0.377 e. The van der Waals surface area contributed by atoms with E-state index in [1.807, 2.05) is 0 Å². The molecule has 4 atom stereocenters. The number of aromatic amines is 1. The second-order valence-corrected chi connectivity index (χ2v) is 4.39. The number of aromatic nitrogens is 2. The number of aliphatic hydroxyl groups excluding tert-OH is 3. The molecular weight excluding hydrogens is 270 g/mol. The monoisotopic (exact) mass is 288 g/mol. The zero-order chi connectivity index (χ0) is 14.9.